The monoisotopic (exact) mass is 1160 g/mol. The van der Waals surface area contributed by atoms with Gasteiger partial charge in [-0.15, -0.1) is 0 Å². The smallest absolute Gasteiger partial charge is 0.355 e. The van der Waals surface area contributed by atoms with Crippen LogP contribution in [0.15, 0.2) is 113 Å². The van der Waals surface area contributed by atoms with E-state index < -0.39 is 17.9 Å². The third-order valence-corrected chi connectivity index (χ3v) is 16.8. The molecule has 2 N–H and O–H groups in total. The van der Waals surface area contributed by atoms with Crippen molar-refractivity contribution in [3.05, 3.63) is 164 Å². The van der Waals surface area contributed by atoms with E-state index in [1.165, 1.54) is 16.7 Å². The number of aryl methyl sites for hydroxylation is 2. The van der Waals surface area contributed by atoms with Gasteiger partial charge in [-0.25, -0.2) is 28.7 Å². The topological polar surface area (TPSA) is 172 Å². The number of aliphatic hydroxyl groups is 1. The first-order chi connectivity index (χ1) is 39.8. The van der Waals surface area contributed by atoms with Gasteiger partial charge in [-0.1, -0.05) is 139 Å². The number of para-hydroxylation sites is 1. The number of aliphatic hydroxyl groups excluding tert-OH is 1. The number of pyridine rings is 2. The fourth-order valence-electron chi connectivity index (χ4n) is 11.9. The van der Waals surface area contributed by atoms with Gasteiger partial charge in [0, 0.05) is 68.4 Å². The van der Waals surface area contributed by atoms with Crippen LogP contribution in [0, 0.1) is 5.82 Å². The number of amides is 2. The zero-order valence-electron chi connectivity index (χ0n) is 48.5. The number of rotatable bonds is 14. The van der Waals surface area contributed by atoms with Crippen molar-refractivity contribution in [2.45, 2.75) is 118 Å². The number of halogens is 3. The number of H-pyrrole nitrogens is 1. The molecule has 3 aliphatic heterocycles. The summed E-state index contributed by atoms with van der Waals surface area (Å²) in [5.41, 5.74) is 7.91. The summed E-state index contributed by atoms with van der Waals surface area (Å²) < 4.78 is 17.0. The van der Waals surface area contributed by atoms with Crippen molar-refractivity contribution in [3.8, 4) is 28.2 Å². The Morgan fingerprint density at radius 3 is 2.02 bits per heavy atom. The normalized spacial score (nSPS) is 17.9. The Kier molecular flexibility index (Phi) is 17.1. The molecule has 2 fully saturated rings. The largest absolute Gasteiger partial charge is 0.355 e. The number of hydrogen-bond donors (Lipinski definition) is 2. The first kappa shape index (κ1) is 58.5. The van der Waals surface area contributed by atoms with E-state index in [9.17, 15) is 19.5 Å². The summed E-state index contributed by atoms with van der Waals surface area (Å²) >= 11 is 14.3. The number of hydrogen-bond acceptors (Lipinski definition) is 12. The van der Waals surface area contributed by atoms with E-state index in [4.69, 9.17) is 48.2 Å². The maximum Gasteiger partial charge on any atom is 0.355 e. The number of piperazine rings is 2. The van der Waals surface area contributed by atoms with Gasteiger partial charge in [-0.05, 0) is 98.1 Å². The summed E-state index contributed by atoms with van der Waals surface area (Å²) in [6.45, 7) is 24.4. The van der Waals surface area contributed by atoms with Gasteiger partial charge in [-0.3, -0.25) is 19.6 Å². The van der Waals surface area contributed by atoms with E-state index in [1.807, 2.05) is 79.7 Å². The number of nitrogens with one attached hydrogen (secondary N) is 1. The lowest BCUT2D eigenvalue weighted by molar-refractivity contribution is -0.128. The number of aliphatic imine (C=N–C) groups is 1. The molecule has 2 unspecified atom stereocenters. The number of anilines is 3. The van der Waals surface area contributed by atoms with E-state index in [0.29, 0.717) is 102 Å². The molecule has 3 aromatic carbocycles. The molecule has 0 spiro atoms. The zero-order chi connectivity index (χ0) is 59.1. The first-order valence-electron chi connectivity index (χ1n) is 28.7. The van der Waals surface area contributed by atoms with Crippen LogP contribution in [0.25, 0.3) is 39.2 Å². The lowest BCUT2D eigenvalue weighted by Gasteiger charge is -2.44. The van der Waals surface area contributed by atoms with Crippen LogP contribution in [0.2, 0.25) is 10.0 Å². The summed E-state index contributed by atoms with van der Waals surface area (Å²) in [6, 6.07) is 23.7. The number of benzene rings is 3. The Morgan fingerprint density at radius 2 is 1.39 bits per heavy atom. The Hall–Kier alpha value is -7.73. The van der Waals surface area contributed by atoms with E-state index in [0.717, 1.165) is 40.8 Å². The average molecular weight is 1160 g/mol. The number of aromatic nitrogens is 6. The summed E-state index contributed by atoms with van der Waals surface area (Å²) in [7, 11) is 0. The fourth-order valence-corrected chi connectivity index (χ4v) is 12.4. The summed E-state index contributed by atoms with van der Waals surface area (Å²) in [6.07, 6.45) is 5.28. The van der Waals surface area contributed by atoms with Crippen molar-refractivity contribution in [1.82, 2.24) is 44.4 Å². The van der Waals surface area contributed by atoms with Crippen LogP contribution < -0.4 is 15.5 Å². The molecule has 83 heavy (non-hydrogen) atoms. The van der Waals surface area contributed by atoms with E-state index in [1.54, 1.807) is 35.2 Å². The van der Waals surface area contributed by atoms with Crippen molar-refractivity contribution < 1.29 is 19.1 Å². The highest BCUT2D eigenvalue weighted by Crippen LogP contribution is 2.44. The highest BCUT2D eigenvalue weighted by atomic mass is 35.5. The van der Waals surface area contributed by atoms with Gasteiger partial charge in [0.15, 0.2) is 5.65 Å². The molecule has 0 bridgehead atoms. The zero-order valence-corrected chi connectivity index (χ0v) is 50.0. The quantitative estimate of drug-likeness (QED) is 0.0993. The van der Waals surface area contributed by atoms with Crippen LogP contribution in [-0.2, 0) is 22.4 Å². The number of aromatic amines is 1. The SMILES string of the molecule is C=CC(=O)N1CCN(c2nc(=O)n(-c3c(C(C)C)n[nH]c3C(C)C/C=C\C(=O)N3CCN(C4=NC(O)N(c5c(CC)cccc5CC)c5nc(-c6ccccc6C(C)C)c(Cl)cc54)[C@@H](C)C3)c3nc(-c4ccccc4F)c(Cl)cc23)[C@@H](C)C1. The van der Waals surface area contributed by atoms with Crippen molar-refractivity contribution in [2.75, 3.05) is 49.1 Å². The summed E-state index contributed by atoms with van der Waals surface area (Å²) in [4.78, 5) is 71.3. The molecule has 3 aliphatic rings. The highest BCUT2D eigenvalue weighted by Gasteiger charge is 2.39. The van der Waals surface area contributed by atoms with Crippen molar-refractivity contribution in [1.29, 1.82) is 0 Å². The molecule has 19 heteroatoms. The number of nitrogens with zero attached hydrogens (tertiary/aromatic N) is 11. The second-order valence-corrected chi connectivity index (χ2v) is 23.2. The molecule has 10 rings (SSSR count). The Balaban J connectivity index is 0.935. The lowest BCUT2D eigenvalue weighted by atomic mass is 9.94. The van der Waals surface area contributed by atoms with Crippen molar-refractivity contribution in [2.24, 2.45) is 4.99 Å². The van der Waals surface area contributed by atoms with Gasteiger partial charge in [0.2, 0.25) is 18.2 Å². The molecule has 0 radical (unpaired) electrons. The van der Waals surface area contributed by atoms with Gasteiger partial charge in [0.25, 0.3) is 0 Å². The van der Waals surface area contributed by atoms with Crippen LogP contribution in [0.5, 0.6) is 0 Å². The second kappa shape index (κ2) is 24.2. The standard InChI is InChI=1S/C64H71Cl2FN12O4/c1-11-41-21-19-22-42(12-2)57(41)78-61-46(32-48(65)55(68-61)44-24-15-14-23-43(44)36(4)5)59(70-63(78)82)77-31-29-75(35-40(77)10)52(81)27-18-20-38(8)54-58(53(37(6)7)72-73-54)79-62-47(33-49(66)56(69-62)45-25-16-17-26-50(45)67)60(71-64(79)83)76-30-28-74(34-39(76)9)51(80)13-3/h13-19,21-27,32-33,36-40,63,82H,3,11-12,20,28-31,34-35H2,1-2,4-10H3,(H,72,73)/b27-18-/t38?,39-,40-,63?/m0/s1. The number of carbonyl (C=O) groups excluding carboxylic acids is 2. The minimum Gasteiger partial charge on any atom is -0.355 e. The number of amidine groups is 1. The summed E-state index contributed by atoms with van der Waals surface area (Å²) in [5.74, 6) is 0.295. The van der Waals surface area contributed by atoms with E-state index in [-0.39, 0.29) is 63.6 Å². The maximum absolute atomic E-state index is 15.6. The minimum atomic E-state index is -1.30. The number of carbonyl (C=O) groups is 2. The number of allylic oxidation sites excluding steroid dienone is 1. The highest BCUT2D eigenvalue weighted by molar-refractivity contribution is 6.34. The van der Waals surface area contributed by atoms with Crippen LogP contribution >= 0.6 is 23.2 Å². The summed E-state index contributed by atoms with van der Waals surface area (Å²) in [5, 5.41) is 21.4. The molecule has 7 aromatic rings. The first-order valence-corrected chi connectivity index (χ1v) is 29.4. The minimum absolute atomic E-state index is 0.150. The van der Waals surface area contributed by atoms with E-state index >= 15 is 4.39 Å². The molecule has 2 saturated heterocycles. The molecule has 2 amide bonds. The van der Waals surface area contributed by atoms with Crippen molar-refractivity contribution >= 4 is 69.2 Å². The van der Waals surface area contributed by atoms with Gasteiger partial charge in [0.05, 0.1) is 55.1 Å². The van der Waals surface area contributed by atoms with Gasteiger partial charge >= 0.3 is 5.69 Å². The molecule has 4 aromatic heterocycles. The van der Waals surface area contributed by atoms with Crippen molar-refractivity contribution in [3.63, 3.8) is 0 Å². The van der Waals surface area contributed by atoms with Gasteiger partial charge in [0.1, 0.15) is 23.3 Å². The Bertz CT molecular complexity index is 3760. The lowest BCUT2D eigenvalue weighted by Crippen LogP contribution is -2.56. The molecule has 0 aliphatic carbocycles. The van der Waals surface area contributed by atoms with E-state index in [2.05, 4.69) is 68.5 Å². The fraction of sp³-hybridized carbons (Fsp3) is 0.375. The van der Waals surface area contributed by atoms with Gasteiger partial charge in [-0.2, -0.15) is 10.1 Å². The maximum atomic E-state index is 15.6. The molecular formula is C64H71Cl2FN12O4. The Morgan fingerprint density at radius 1 is 0.759 bits per heavy atom. The van der Waals surface area contributed by atoms with Crippen LogP contribution in [-0.4, -0.2) is 125 Å². The predicted molar refractivity (Wildman–Crippen MR) is 329 cm³/mol. The molecule has 16 nitrogen and oxygen atoms in total. The number of fused-ring (bicyclic) bond motifs is 2. The third kappa shape index (κ3) is 11.1. The second-order valence-electron chi connectivity index (χ2n) is 22.4. The Labute approximate surface area is 494 Å². The van der Waals surface area contributed by atoms with Crippen LogP contribution in [0.4, 0.5) is 21.7 Å². The van der Waals surface area contributed by atoms with Crippen LogP contribution in [0.3, 0.4) is 0 Å². The third-order valence-electron chi connectivity index (χ3n) is 16.3. The van der Waals surface area contributed by atoms with Crippen LogP contribution in [0.1, 0.15) is 120 Å². The molecule has 7 heterocycles. The van der Waals surface area contributed by atoms with Gasteiger partial charge < -0.3 is 24.7 Å². The predicted octanol–water partition coefficient (Wildman–Crippen LogP) is 11.7. The molecular weight excluding hydrogens is 1090 g/mol. The molecule has 0 saturated carbocycles. The molecule has 4 atom stereocenters. The molecule has 432 valence electrons. The average Bonchev–Trinajstić information content (AvgIpc) is 4.13.